The number of carbonyl (C=O) groups excluding carboxylic acids is 1. The molecule has 2 aliphatic rings. The molecule has 0 saturated carbocycles. The van der Waals surface area contributed by atoms with Crippen LogP contribution in [0.2, 0.25) is 0 Å². The van der Waals surface area contributed by atoms with E-state index in [1.54, 1.807) is 13.3 Å². The molecule has 4 rings (SSSR count). The van der Waals surface area contributed by atoms with Crippen molar-refractivity contribution in [3.05, 3.63) is 47.3 Å². The number of rotatable bonds is 6. The lowest BCUT2D eigenvalue weighted by Gasteiger charge is -2.32. The van der Waals surface area contributed by atoms with Gasteiger partial charge in [-0.25, -0.2) is 0 Å². The number of hydrogen-bond acceptors (Lipinski definition) is 5. The zero-order valence-corrected chi connectivity index (χ0v) is 17.4. The van der Waals surface area contributed by atoms with Gasteiger partial charge in [0.25, 0.3) is 5.91 Å². The van der Waals surface area contributed by atoms with Crippen molar-refractivity contribution in [3.8, 4) is 5.75 Å². The number of ether oxygens (including phenoxy) is 1. The van der Waals surface area contributed by atoms with E-state index in [2.05, 4.69) is 34.5 Å². The molecule has 1 saturated heterocycles. The van der Waals surface area contributed by atoms with E-state index in [1.165, 1.54) is 5.56 Å². The van der Waals surface area contributed by atoms with Gasteiger partial charge >= 0.3 is 0 Å². The first-order valence-electron chi connectivity index (χ1n) is 10.5. The molecule has 7 nitrogen and oxygen atoms in total. The van der Waals surface area contributed by atoms with Crippen molar-refractivity contribution in [1.29, 1.82) is 0 Å². The fourth-order valence-corrected chi connectivity index (χ4v) is 4.20. The van der Waals surface area contributed by atoms with Crippen LogP contribution in [0.15, 0.2) is 30.5 Å². The summed E-state index contributed by atoms with van der Waals surface area (Å²) in [6, 6.07) is 8.17. The lowest BCUT2D eigenvalue weighted by Crippen LogP contribution is -2.47. The Kier molecular flexibility index (Phi) is 6.16. The maximum atomic E-state index is 13.0. The van der Waals surface area contributed by atoms with Gasteiger partial charge in [-0.1, -0.05) is 12.1 Å². The minimum absolute atomic E-state index is 0.145. The Morgan fingerprint density at radius 1 is 1.17 bits per heavy atom. The van der Waals surface area contributed by atoms with Gasteiger partial charge in [0.05, 0.1) is 24.6 Å². The molecule has 1 amide bonds. The van der Waals surface area contributed by atoms with Crippen molar-refractivity contribution in [2.75, 3.05) is 46.9 Å². The molecule has 0 unspecified atom stereocenters. The zero-order valence-electron chi connectivity index (χ0n) is 17.4. The summed E-state index contributed by atoms with van der Waals surface area (Å²) in [5.41, 5.74) is 3.16. The summed E-state index contributed by atoms with van der Waals surface area (Å²) < 4.78 is 7.24. The number of benzene rings is 1. The van der Waals surface area contributed by atoms with Gasteiger partial charge in [0.2, 0.25) is 0 Å². The van der Waals surface area contributed by atoms with Crippen LogP contribution in [0.25, 0.3) is 0 Å². The predicted octanol–water partition coefficient (Wildman–Crippen LogP) is 1.63. The fourth-order valence-electron chi connectivity index (χ4n) is 4.20. The molecule has 1 fully saturated rings. The second kappa shape index (κ2) is 8.97. The first-order chi connectivity index (χ1) is 14.1. The van der Waals surface area contributed by atoms with Crippen LogP contribution in [-0.4, -0.2) is 72.4 Å². The average Bonchev–Trinajstić information content (AvgIpc) is 3.17. The molecule has 0 spiro atoms. The summed E-state index contributed by atoms with van der Waals surface area (Å²) in [5, 5.41) is 8.07. The van der Waals surface area contributed by atoms with E-state index in [4.69, 9.17) is 4.74 Å². The van der Waals surface area contributed by atoms with Gasteiger partial charge in [-0.3, -0.25) is 9.48 Å². The number of nitrogens with zero attached hydrogens (tertiary/aromatic N) is 4. The van der Waals surface area contributed by atoms with Gasteiger partial charge in [-0.15, -0.1) is 0 Å². The molecule has 3 heterocycles. The molecule has 0 radical (unpaired) electrons. The molecule has 29 heavy (non-hydrogen) atoms. The van der Waals surface area contributed by atoms with Gasteiger partial charge in [0.1, 0.15) is 5.75 Å². The third-order valence-electron chi connectivity index (χ3n) is 6.12. The molecule has 1 aromatic carbocycles. The molecule has 1 aromatic heterocycles. The van der Waals surface area contributed by atoms with Crippen molar-refractivity contribution < 1.29 is 9.53 Å². The summed E-state index contributed by atoms with van der Waals surface area (Å²) in [5.74, 6) is 1.55. The minimum Gasteiger partial charge on any atom is -0.497 e. The van der Waals surface area contributed by atoms with Crippen LogP contribution >= 0.6 is 0 Å². The van der Waals surface area contributed by atoms with Gasteiger partial charge in [0, 0.05) is 39.3 Å². The van der Waals surface area contributed by atoms with Crippen LogP contribution in [-0.2, 0) is 19.5 Å². The number of fused-ring (bicyclic) bond motifs is 1. The van der Waals surface area contributed by atoms with Gasteiger partial charge < -0.3 is 19.9 Å². The Hall–Kier alpha value is -2.38. The summed E-state index contributed by atoms with van der Waals surface area (Å²) in [4.78, 5) is 17.3. The second-order valence-electron chi connectivity index (χ2n) is 8.16. The van der Waals surface area contributed by atoms with Crippen molar-refractivity contribution in [2.45, 2.75) is 25.9 Å². The highest BCUT2D eigenvalue weighted by Gasteiger charge is 2.28. The number of piperazine rings is 1. The van der Waals surface area contributed by atoms with Crippen LogP contribution in [0.4, 0.5) is 0 Å². The first-order valence-corrected chi connectivity index (χ1v) is 10.5. The molecular formula is C22H31N5O2. The molecule has 1 N–H and O–H groups in total. The summed E-state index contributed by atoms with van der Waals surface area (Å²) in [6.45, 7) is 6.15. The molecule has 2 aliphatic heterocycles. The van der Waals surface area contributed by atoms with Gasteiger partial charge in [-0.05, 0) is 50.0 Å². The predicted molar refractivity (Wildman–Crippen MR) is 112 cm³/mol. The average molecular weight is 398 g/mol. The van der Waals surface area contributed by atoms with Crippen molar-refractivity contribution in [1.82, 2.24) is 24.9 Å². The van der Waals surface area contributed by atoms with Crippen LogP contribution in [0.5, 0.6) is 5.75 Å². The zero-order chi connectivity index (χ0) is 20.2. The smallest absolute Gasteiger partial charge is 0.257 e. The van der Waals surface area contributed by atoms with Crippen molar-refractivity contribution in [2.24, 2.45) is 5.92 Å². The molecule has 156 valence electrons. The quantitative estimate of drug-likeness (QED) is 0.803. The van der Waals surface area contributed by atoms with Gasteiger partial charge in [-0.2, -0.15) is 5.10 Å². The Bertz CT molecular complexity index is 824. The Morgan fingerprint density at radius 3 is 2.66 bits per heavy atom. The number of carbonyl (C=O) groups is 1. The molecule has 1 atom stereocenters. The van der Waals surface area contributed by atoms with E-state index in [-0.39, 0.29) is 5.91 Å². The van der Waals surface area contributed by atoms with E-state index in [0.717, 1.165) is 75.7 Å². The van der Waals surface area contributed by atoms with Crippen LogP contribution in [0, 0.1) is 5.92 Å². The second-order valence-corrected chi connectivity index (χ2v) is 8.16. The number of aromatic nitrogens is 2. The summed E-state index contributed by atoms with van der Waals surface area (Å²) in [6.07, 6.45) is 3.78. The van der Waals surface area contributed by atoms with E-state index in [9.17, 15) is 4.79 Å². The highest BCUT2D eigenvalue weighted by Crippen LogP contribution is 2.24. The molecular weight excluding hydrogens is 366 g/mol. The van der Waals surface area contributed by atoms with Gasteiger partial charge in [0.15, 0.2) is 0 Å². The standard InChI is InChI=1S/C22H31N5O2/c1-25-9-11-26(12-10-25)22(28)20-16-24-27-8-7-18(13-21(20)27)15-23-14-17-3-5-19(29-2)6-4-17/h3-6,16,18,23H,7-15H2,1-2H3/t18-/m1/s1. The maximum Gasteiger partial charge on any atom is 0.257 e. The lowest BCUT2D eigenvalue weighted by molar-refractivity contribution is 0.0662. The molecule has 2 aromatic rings. The number of methoxy groups -OCH3 is 1. The minimum atomic E-state index is 0.145. The van der Waals surface area contributed by atoms with Crippen molar-refractivity contribution in [3.63, 3.8) is 0 Å². The summed E-state index contributed by atoms with van der Waals surface area (Å²) in [7, 11) is 3.79. The highest BCUT2D eigenvalue weighted by molar-refractivity contribution is 5.95. The number of hydrogen-bond donors (Lipinski definition) is 1. The van der Waals surface area contributed by atoms with Crippen LogP contribution in [0.3, 0.4) is 0 Å². The van der Waals surface area contributed by atoms with E-state index in [0.29, 0.717) is 5.92 Å². The summed E-state index contributed by atoms with van der Waals surface area (Å²) >= 11 is 0. The fraction of sp³-hybridized carbons (Fsp3) is 0.545. The molecule has 0 bridgehead atoms. The topological polar surface area (TPSA) is 62.6 Å². The third-order valence-corrected chi connectivity index (χ3v) is 6.12. The van der Waals surface area contributed by atoms with Crippen LogP contribution in [0.1, 0.15) is 28.0 Å². The Morgan fingerprint density at radius 2 is 1.93 bits per heavy atom. The maximum absolute atomic E-state index is 13.0. The monoisotopic (exact) mass is 397 g/mol. The number of likely N-dealkylation sites (N-methyl/N-ethyl adjacent to an activating group) is 1. The Balaban J connectivity index is 1.33. The first kappa shape index (κ1) is 19.9. The van der Waals surface area contributed by atoms with Crippen LogP contribution < -0.4 is 10.1 Å². The number of aryl methyl sites for hydroxylation is 1. The van der Waals surface area contributed by atoms with E-state index in [1.807, 2.05) is 21.7 Å². The molecule has 7 heteroatoms. The number of nitrogens with one attached hydrogen (secondary N) is 1. The lowest BCUT2D eigenvalue weighted by atomic mass is 9.94. The third kappa shape index (κ3) is 4.62. The SMILES string of the molecule is COc1ccc(CNC[C@@H]2CCn3ncc(C(=O)N4CCN(C)CC4)c3C2)cc1. The van der Waals surface area contributed by atoms with Crippen molar-refractivity contribution >= 4 is 5.91 Å². The number of amides is 1. The highest BCUT2D eigenvalue weighted by atomic mass is 16.5. The molecule has 0 aliphatic carbocycles. The Labute approximate surface area is 172 Å². The van der Waals surface area contributed by atoms with E-state index >= 15 is 0 Å². The van der Waals surface area contributed by atoms with E-state index < -0.39 is 0 Å². The largest absolute Gasteiger partial charge is 0.497 e. The normalized spacial score (nSPS) is 19.8.